The van der Waals surface area contributed by atoms with E-state index >= 15 is 0 Å². The first-order valence-electron chi connectivity index (χ1n) is 13.1. The van der Waals surface area contributed by atoms with E-state index in [4.69, 9.17) is 17.3 Å². The summed E-state index contributed by atoms with van der Waals surface area (Å²) in [4.78, 5) is 58.4. The Labute approximate surface area is 232 Å². The van der Waals surface area contributed by atoms with E-state index in [2.05, 4.69) is 10.3 Å². The molecule has 0 aliphatic carbocycles. The van der Waals surface area contributed by atoms with Gasteiger partial charge in [0.25, 0.3) is 0 Å². The van der Waals surface area contributed by atoms with E-state index in [1.165, 1.54) is 9.80 Å². The third-order valence-electron chi connectivity index (χ3n) is 7.38. The number of nitrogens with two attached hydrogens (primary N) is 1. The molecule has 206 valence electrons. The van der Waals surface area contributed by atoms with Gasteiger partial charge in [-0.05, 0) is 36.5 Å². The minimum atomic E-state index is -0.948. The molecule has 0 saturated carbocycles. The molecule has 3 aromatic rings. The van der Waals surface area contributed by atoms with Crippen LogP contribution in [-0.4, -0.2) is 76.0 Å². The first kappa shape index (κ1) is 28.2. The van der Waals surface area contributed by atoms with E-state index in [1.54, 1.807) is 13.2 Å². The Morgan fingerprint density at radius 3 is 2.51 bits per heavy atom. The highest BCUT2D eigenvalue weighted by Crippen LogP contribution is 2.23. The Hall–Kier alpha value is -3.85. The predicted molar refractivity (Wildman–Crippen MR) is 150 cm³/mol. The van der Waals surface area contributed by atoms with Crippen LogP contribution in [0.15, 0.2) is 60.8 Å². The molecule has 4 amide bonds. The Balaban J connectivity index is 1.54. The Morgan fingerprint density at radius 2 is 1.79 bits per heavy atom. The number of primary amides is 1. The number of benzene rings is 2. The second-order valence-corrected chi connectivity index (χ2v) is 10.2. The van der Waals surface area contributed by atoms with Crippen LogP contribution in [0.25, 0.3) is 10.9 Å². The maximum absolute atomic E-state index is 13.9. The van der Waals surface area contributed by atoms with Crippen molar-refractivity contribution in [2.75, 3.05) is 19.5 Å². The van der Waals surface area contributed by atoms with Crippen molar-refractivity contribution in [1.82, 2.24) is 20.1 Å². The van der Waals surface area contributed by atoms with Crippen molar-refractivity contribution >= 4 is 46.1 Å². The van der Waals surface area contributed by atoms with Crippen LogP contribution >= 0.6 is 11.6 Å². The van der Waals surface area contributed by atoms with Gasteiger partial charge in [-0.15, -0.1) is 11.6 Å². The zero-order valence-electron chi connectivity index (χ0n) is 21.9. The number of likely N-dealkylation sites (tertiary alicyclic amines) is 1. The highest BCUT2D eigenvalue weighted by atomic mass is 35.5. The molecule has 39 heavy (non-hydrogen) atoms. The van der Waals surface area contributed by atoms with Crippen molar-refractivity contribution in [2.45, 2.75) is 50.2 Å². The van der Waals surface area contributed by atoms with Crippen LogP contribution in [-0.2, 0) is 32.0 Å². The Morgan fingerprint density at radius 1 is 1.08 bits per heavy atom. The minimum Gasteiger partial charge on any atom is -0.368 e. The Bertz CT molecular complexity index is 1330. The van der Waals surface area contributed by atoms with Gasteiger partial charge < -0.3 is 25.8 Å². The number of carbonyl (C=O) groups excluding carboxylic acids is 4. The maximum atomic E-state index is 13.9. The molecule has 1 aromatic heterocycles. The number of halogens is 1. The fraction of sp³-hybridized carbons (Fsp3) is 0.379. The molecular formula is C29H34ClN5O4. The molecule has 4 rings (SSSR count). The van der Waals surface area contributed by atoms with E-state index in [0.29, 0.717) is 13.0 Å². The lowest BCUT2D eigenvalue weighted by atomic mass is 9.96. The van der Waals surface area contributed by atoms with Crippen LogP contribution in [0, 0.1) is 0 Å². The van der Waals surface area contributed by atoms with Crippen LogP contribution in [0.4, 0.5) is 0 Å². The van der Waals surface area contributed by atoms with Gasteiger partial charge in [0.15, 0.2) is 0 Å². The molecule has 1 aliphatic rings. The van der Waals surface area contributed by atoms with Crippen LogP contribution in [0.5, 0.6) is 0 Å². The highest BCUT2D eigenvalue weighted by Gasteiger charge is 2.39. The quantitative estimate of drug-likeness (QED) is 0.334. The van der Waals surface area contributed by atoms with Gasteiger partial charge in [0.1, 0.15) is 24.0 Å². The molecule has 10 heteroatoms. The third kappa shape index (κ3) is 6.60. The van der Waals surface area contributed by atoms with E-state index in [1.807, 2.05) is 54.6 Å². The first-order valence-corrected chi connectivity index (χ1v) is 13.6. The van der Waals surface area contributed by atoms with Crippen molar-refractivity contribution in [3.05, 3.63) is 71.9 Å². The predicted octanol–water partition coefficient (Wildman–Crippen LogP) is 2.37. The van der Waals surface area contributed by atoms with Gasteiger partial charge in [-0.25, -0.2) is 0 Å². The minimum absolute atomic E-state index is 0.218. The summed E-state index contributed by atoms with van der Waals surface area (Å²) in [7, 11) is 1.56. The van der Waals surface area contributed by atoms with Crippen molar-refractivity contribution in [3.63, 3.8) is 0 Å². The largest absolute Gasteiger partial charge is 0.368 e. The fourth-order valence-corrected chi connectivity index (χ4v) is 5.35. The van der Waals surface area contributed by atoms with Crippen molar-refractivity contribution in [2.24, 2.45) is 5.73 Å². The number of piperidine rings is 1. The lowest BCUT2D eigenvalue weighted by Gasteiger charge is -2.39. The molecule has 1 saturated heterocycles. The number of aromatic nitrogens is 1. The van der Waals surface area contributed by atoms with Gasteiger partial charge in [-0.2, -0.15) is 0 Å². The van der Waals surface area contributed by atoms with Crippen LogP contribution in [0.3, 0.4) is 0 Å². The number of amides is 4. The smallest absolute Gasteiger partial charge is 0.246 e. The topological polar surface area (TPSA) is 129 Å². The number of hydrogen-bond acceptors (Lipinski definition) is 4. The number of likely N-dealkylation sites (N-methyl/N-ethyl adjacent to an activating group) is 1. The number of nitrogens with one attached hydrogen (secondary N) is 2. The summed E-state index contributed by atoms with van der Waals surface area (Å²) in [5.41, 5.74) is 8.36. The van der Waals surface area contributed by atoms with Crippen LogP contribution in [0.2, 0.25) is 0 Å². The second-order valence-electron chi connectivity index (χ2n) is 9.91. The molecule has 4 N–H and O–H groups in total. The summed E-state index contributed by atoms with van der Waals surface area (Å²) < 4.78 is 0. The zero-order valence-corrected chi connectivity index (χ0v) is 22.7. The molecule has 2 heterocycles. The van der Waals surface area contributed by atoms with E-state index in [9.17, 15) is 19.2 Å². The monoisotopic (exact) mass is 551 g/mol. The lowest BCUT2D eigenvalue weighted by Crippen LogP contribution is -2.60. The summed E-state index contributed by atoms with van der Waals surface area (Å²) in [5.74, 6) is -2.05. The van der Waals surface area contributed by atoms with Crippen LogP contribution in [0.1, 0.15) is 30.4 Å². The van der Waals surface area contributed by atoms with Crippen molar-refractivity contribution in [1.29, 1.82) is 0 Å². The van der Waals surface area contributed by atoms with Gasteiger partial charge in [-0.3, -0.25) is 19.2 Å². The van der Waals surface area contributed by atoms with Gasteiger partial charge >= 0.3 is 0 Å². The SMILES string of the molecule is CN(C(=O)CCl)[C@@H](Cc1ccccc1)C(=O)N1CCCC[C@H]1C(=O)N[C@@H](Cc1c[nH]c2ccccc12)C(N)=O. The van der Waals surface area contributed by atoms with Crippen molar-refractivity contribution in [3.8, 4) is 0 Å². The van der Waals surface area contributed by atoms with Gasteiger partial charge in [0.2, 0.25) is 23.6 Å². The average Bonchev–Trinajstić information content (AvgIpc) is 3.37. The molecule has 9 nitrogen and oxygen atoms in total. The third-order valence-corrected chi connectivity index (χ3v) is 7.61. The summed E-state index contributed by atoms with van der Waals surface area (Å²) in [6.07, 6.45) is 4.24. The van der Waals surface area contributed by atoms with E-state index < -0.39 is 29.9 Å². The highest BCUT2D eigenvalue weighted by molar-refractivity contribution is 6.27. The number of alkyl halides is 1. The maximum Gasteiger partial charge on any atom is 0.246 e. The number of hydrogen-bond donors (Lipinski definition) is 3. The first-order chi connectivity index (χ1) is 18.8. The zero-order chi connectivity index (χ0) is 27.9. The molecule has 0 spiro atoms. The standard InChI is InChI=1S/C29H34ClN5O4/c1-34(26(36)17-30)25(15-19-9-3-2-4-10-19)29(39)35-14-8-7-13-24(35)28(38)33-23(27(31)37)16-20-18-32-22-12-6-5-11-21(20)22/h2-6,9-12,18,23-25,32H,7-8,13-17H2,1H3,(H2,31,37)(H,33,38)/t23-,24-,25-/m0/s1. The molecule has 2 aromatic carbocycles. The lowest BCUT2D eigenvalue weighted by molar-refractivity contribution is -0.149. The number of nitrogens with zero attached hydrogens (tertiary/aromatic N) is 2. The molecular weight excluding hydrogens is 518 g/mol. The molecule has 0 unspecified atom stereocenters. The van der Waals surface area contributed by atoms with Gasteiger partial charge in [0.05, 0.1) is 0 Å². The molecule has 1 fully saturated rings. The van der Waals surface area contributed by atoms with Gasteiger partial charge in [0, 0.05) is 43.5 Å². The van der Waals surface area contributed by atoms with E-state index in [0.717, 1.165) is 34.9 Å². The molecule has 1 aliphatic heterocycles. The van der Waals surface area contributed by atoms with E-state index in [-0.39, 0.29) is 30.5 Å². The number of para-hydroxylation sites is 1. The summed E-state index contributed by atoms with van der Waals surface area (Å²) in [6, 6.07) is 14.5. The van der Waals surface area contributed by atoms with Crippen molar-refractivity contribution < 1.29 is 19.2 Å². The summed E-state index contributed by atoms with van der Waals surface area (Å²) in [6.45, 7) is 0.370. The molecule has 3 atom stereocenters. The fourth-order valence-electron chi connectivity index (χ4n) is 5.17. The second kappa shape index (κ2) is 12.8. The summed E-state index contributed by atoms with van der Waals surface area (Å²) >= 11 is 5.82. The van der Waals surface area contributed by atoms with Crippen LogP contribution < -0.4 is 11.1 Å². The number of fused-ring (bicyclic) bond motifs is 1. The molecule has 0 radical (unpaired) electrons. The average molecular weight is 552 g/mol. The van der Waals surface area contributed by atoms with Gasteiger partial charge in [-0.1, -0.05) is 48.5 Å². The number of carbonyl (C=O) groups is 4. The number of rotatable bonds is 10. The molecule has 0 bridgehead atoms. The number of aromatic amines is 1. The summed E-state index contributed by atoms with van der Waals surface area (Å²) in [5, 5.41) is 3.75. The normalized spacial score (nSPS) is 16.9. The number of H-pyrrole nitrogens is 1. The Kier molecular flexibility index (Phi) is 9.24.